The average molecular weight is 632 g/mol. The standard InChI is InChI=1S/C28H38F5N7O2S/c29-27(30)6-10-39(17-27)11-12-43-24-13-18(1-2-22(24)28(31,32)33)25-21-14-35-7-3-23(21)40(37-25)16-20(41)15-38-8-4-19(5-9-38)36-26(34)42/h1-2,13,19-20,35,41H,3-12,14-17H2,(H3,34,36,42). The predicted molar refractivity (Wildman–Crippen MR) is 153 cm³/mol. The van der Waals surface area contributed by atoms with E-state index in [9.17, 15) is 31.9 Å². The number of primary amides is 1. The van der Waals surface area contributed by atoms with E-state index < -0.39 is 29.8 Å². The summed E-state index contributed by atoms with van der Waals surface area (Å²) in [6, 6.07) is 3.47. The van der Waals surface area contributed by atoms with Gasteiger partial charge in [0.2, 0.25) is 0 Å². The molecule has 3 aliphatic rings. The monoisotopic (exact) mass is 631 g/mol. The summed E-state index contributed by atoms with van der Waals surface area (Å²) in [7, 11) is 0. The van der Waals surface area contributed by atoms with E-state index in [0.29, 0.717) is 43.9 Å². The number of nitrogens with two attached hydrogens (primary N) is 1. The molecule has 43 heavy (non-hydrogen) atoms. The number of thioether (sulfide) groups is 1. The molecule has 3 aliphatic heterocycles. The summed E-state index contributed by atoms with van der Waals surface area (Å²) in [5.74, 6) is -2.50. The van der Waals surface area contributed by atoms with Crippen molar-refractivity contribution in [2.75, 3.05) is 51.6 Å². The number of aliphatic hydroxyl groups is 1. The van der Waals surface area contributed by atoms with E-state index in [4.69, 9.17) is 10.8 Å². The second-order valence-corrected chi connectivity index (χ2v) is 12.7. The maximum absolute atomic E-state index is 13.9. The van der Waals surface area contributed by atoms with Gasteiger partial charge in [0.1, 0.15) is 0 Å². The molecule has 1 aromatic heterocycles. The maximum Gasteiger partial charge on any atom is 0.417 e. The number of halogens is 5. The Kier molecular flexibility index (Phi) is 9.86. The molecule has 5 rings (SSSR count). The van der Waals surface area contributed by atoms with Crippen molar-refractivity contribution in [1.82, 2.24) is 30.2 Å². The quantitative estimate of drug-likeness (QED) is 0.236. The van der Waals surface area contributed by atoms with E-state index in [0.717, 1.165) is 48.5 Å². The molecular weight excluding hydrogens is 593 g/mol. The van der Waals surface area contributed by atoms with E-state index in [1.165, 1.54) is 12.1 Å². The summed E-state index contributed by atoms with van der Waals surface area (Å²) in [5.41, 5.74) is 7.41. The van der Waals surface area contributed by atoms with Gasteiger partial charge in [-0.15, -0.1) is 11.8 Å². The molecule has 2 aromatic rings. The first-order valence-electron chi connectivity index (χ1n) is 14.6. The Labute approximate surface area is 251 Å². The first-order valence-corrected chi connectivity index (χ1v) is 15.6. The highest BCUT2D eigenvalue weighted by molar-refractivity contribution is 7.99. The number of carbonyl (C=O) groups is 1. The Morgan fingerprint density at radius 3 is 2.65 bits per heavy atom. The highest BCUT2D eigenvalue weighted by Gasteiger charge is 2.38. The molecule has 238 valence electrons. The SMILES string of the molecule is NC(=O)NC1CCN(CC(O)Cn2nc(-c3ccc(C(F)(F)F)c(SCCN4CCC(F)(F)C4)c3)c3c2CCNC3)CC1. The van der Waals surface area contributed by atoms with Gasteiger partial charge in [0.15, 0.2) is 0 Å². The van der Waals surface area contributed by atoms with Crippen LogP contribution >= 0.6 is 11.8 Å². The van der Waals surface area contributed by atoms with Crippen LogP contribution in [-0.2, 0) is 25.7 Å². The molecule has 2 fully saturated rings. The van der Waals surface area contributed by atoms with Crippen LogP contribution < -0.4 is 16.4 Å². The molecule has 2 amide bonds. The average Bonchev–Trinajstić information content (AvgIpc) is 3.48. The van der Waals surface area contributed by atoms with Crippen LogP contribution in [0.5, 0.6) is 0 Å². The molecule has 1 unspecified atom stereocenters. The Morgan fingerprint density at radius 1 is 1.21 bits per heavy atom. The third kappa shape index (κ3) is 8.18. The number of urea groups is 1. The number of piperidine rings is 1. The van der Waals surface area contributed by atoms with Crippen LogP contribution in [0.15, 0.2) is 23.1 Å². The van der Waals surface area contributed by atoms with Gasteiger partial charge in [0, 0.05) is 92.2 Å². The minimum Gasteiger partial charge on any atom is -0.390 e. The van der Waals surface area contributed by atoms with E-state index in [2.05, 4.69) is 15.5 Å². The van der Waals surface area contributed by atoms with E-state index >= 15 is 0 Å². The smallest absolute Gasteiger partial charge is 0.390 e. The van der Waals surface area contributed by atoms with Crippen molar-refractivity contribution in [2.24, 2.45) is 5.73 Å². The number of hydrogen-bond acceptors (Lipinski definition) is 7. The molecule has 15 heteroatoms. The van der Waals surface area contributed by atoms with Crippen LogP contribution in [0, 0.1) is 0 Å². The number of rotatable bonds is 10. The van der Waals surface area contributed by atoms with Crippen molar-refractivity contribution >= 4 is 17.8 Å². The van der Waals surface area contributed by atoms with Crippen molar-refractivity contribution in [2.45, 2.75) is 67.9 Å². The van der Waals surface area contributed by atoms with Crippen molar-refractivity contribution in [3.63, 3.8) is 0 Å². The maximum atomic E-state index is 13.9. The number of nitrogens with one attached hydrogen (secondary N) is 2. The summed E-state index contributed by atoms with van der Waals surface area (Å²) in [4.78, 5) is 14.9. The lowest BCUT2D eigenvalue weighted by atomic mass is 10.0. The molecule has 2 saturated heterocycles. The number of carbonyl (C=O) groups excluding carboxylic acids is 1. The van der Waals surface area contributed by atoms with Crippen LogP contribution in [0.1, 0.15) is 36.1 Å². The van der Waals surface area contributed by atoms with Crippen molar-refractivity contribution in [1.29, 1.82) is 0 Å². The Hall–Kier alpha value is -2.46. The largest absolute Gasteiger partial charge is 0.417 e. The number of β-amino-alcohol motifs (C(OH)–C–C–N with tert-alkyl or cyclic N) is 1. The Bertz CT molecular complexity index is 1280. The number of benzene rings is 1. The van der Waals surface area contributed by atoms with Crippen molar-refractivity contribution in [3.8, 4) is 11.3 Å². The lowest BCUT2D eigenvalue weighted by Crippen LogP contribution is -2.48. The molecular formula is C28H38F5N7O2S. The van der Waals surface area contributed by atoms with Gasteiger partial charge < -0.3 is 26.4 Å². The van der Waals surface area contributed by atoms with Crippen molar-refractivity contribution in [3.05, 3.63) is 35.0 Å². The molecule has 1 atom stereocenters. The zero-order valence-corrected chi connectivity index (χ0v) is 24.6. The lowest BCUT2D eigenvalue weighted by Gasteiger charge is -2.33. The summed E-state index contributed by atoms with van der Waals surface area (Å²) < 4.78 is 70.6. The molecule has 0 aliphatic carbocycles. The zero-order chi connectivity index (χ0) is 30.8. The number of nitrogens with zero attached hydrogens (tertiary/aromatic N) is 4. The summed E-state index contributed by atoms with van der Waals surface area (Å²) in [5, 5.41) is 21.8. The molecule has 1 aromatic carbocycles. The molecule has 0 radical (unpaired) electrons. The zero-order valence-electron chi connectivity index (χ0n) is 23.8. The fourth-order valence-electron chi connectivity index (χ4n) is 6.12. The van der Waals surface area contributed by atoms with Gasteiger partial charge in [-0.3, -0.25) is 9.58 Å². The van der Waals surface area contributed by atoms with Crippen LogP contribution in [-0.4, -0.2) is 100 Å². The fourth-order valence-corrected chi connectivity index (χ4v) is 7.24. The molecule has 9 nitrogen and oxygen atoms in total. The van der Waals surface area contributed by atoms with E-state index in [1.54, 1.807) is 9.58 Å². The number of amides is 2. The Balaban J connectivity index is 1.30. The van der Waals surface area contributed by atoms with Gasteiger partial charge in [-0.05, 0) is 25.0 Å². The van der Waals surface area contributed by atoms with Crippen LogP contribution in [0.4, 0.5) is 26.7 Å². The number of aliphatic hydroxyl groups excluding tert-OH is 1. The number of aromatic nitrogens is 2. The minimum atomic E-state index is -4.56. The number of fused-ring (bicyclic) bond motifs is 1. The van der Waals surface area contributed by atoms with Gasteiger partial charge in [0.05, 0.1) is 30.5 Å². The number of likely N-dealkylation sites (tertiary alicyclic amines) is 2. The van der Waals surface area contributed by atoms with E-state index in [-0.39, 0.29) is 49.3 Å². The van der Waals surface area contributed by atoms with E-state index in [1.807, 2.05) is 0 Å². The molecule has 0 saturated carbocycles. The molecule has 4 heterocycles. The van der Waals surface area contributed by atoms with Gasteiger partial charge in [-0.2, -0.15) is 18.3 Å². The lowest BCUT2D eigenvalue weighted by molar-refractivity contribution is -0.139. The van der Waals surface area contributed by atoms with Gasteiger partial charge >= 0.3 is 12.2 Å². The normalized spacial score (nSPS) is 20.7. The first kappa shape index (κ1) is 31.9. The van der Waals surface area contributed by atoms with Crippen molar-refractivity contribution < 1.29 is 31.9 Å². The topological polar surface area (TPSA) is 112 Å². The van der Waals surface area contributed by atoms with Crippen LogP contribution in [0.2, 0.25) is 0 Å². The second kappa shape index (κ2) is 13.3. The minimum absolute atomic E-state index is 0.0239. The summed E-state index contributed by atoms with van der Waals surface area (Å²) in [6.07, 6.45) is -3.37. The van der Waals surface area contributed by atoms with Gasteiger partial charge in [-0.25, -0.2) is 13.6 Å². The third-order valence-corrected chi connectivity index (χ3v) is 9.30. The molecule has 5 N–H and O–H groups in total. The summed E-state index contributed by atoms with van der Waals surface area (Å²) in [6.45, 7) is 3.44. The highest BCUT2D eigenvalue weighted by Crippen LogP contribution is 2.40. The van der Waals surface area contributed by atoms with Gasteiger partial charge in [0.25, 0.3) is 5.92 Å². The molecule has 0 bridgehead atoms. The highest BCUT2D eigenvalue weighted by atomic mass is 32.2. The second-order valence-electron chi connectivity index (χ2n) is 11.6. The Morgan fingerprint density at radius 2 is 1.98 bits per heavy atom. The van der Waals surface area contributed by atoms with Gasteiger partial charge in [-0.1, -0.05) is 6.07 Å². The third-order valence-electron chi connectivity index (χ3n) is 8.27. The summed E-state index contributed by atoms with van der Waals surface area (Å²) >= 11 is 1.01. The fraction of sp³-hybridized carbons (Fsp3) is 0.643. The first-order chi connectivity index (χ1) is 20.4. The predicted octanol–water partition coefficient (Wildman–Crippen LogP) is 3.14. The number of hydrogen-bond donors (Lipinski definition) is 4. The molecule has 0 spiro atoms. The van der Waals surface area contributed by atoms with Crippen LogP contribution in [0.3, 0.4) is 0 Å². The number of alkyl halides is 5. The van der Waals surface area contributed by atoms with Crippen LogP contribution in [0.25, 0.3) is 11.3 Å².